The van der Waals surface area contributed by atoms with Crippen molar-refractivity contribution in [2.24, 2.45) is 0 Å². The van der Waals surface area contributed by atoms with Gasteiger partial charge in [-0.25, -0.2) is 0 Å². The van der Waals surface area contributed by atoms with Crippen molar-refractivity contribution >= 4 is 11.8 Å². The van der Waals surface area contributed by atoms with E-state index in [1.165, 1.54) is 0 Å². The molecular weight excluding hydrogens is 346 g/mol. The summed E-state index contributed by atoms with van der Waals surface area (Å²) in [6.45, 7) is 2.99. The van der Waals surface area contributed by atoms with Gasteiger partial charge in [0, 0.05) is 17.9 Å². The molecule has 1 aliphatic rings. The molecule has 1 atom stereocenters. The Kier molecular flexibility index (Phi) is 6.32. The number of ether oxygens (including phenoxy) is 2. The van der Waals surface area contributed by atoms with Gasteiger partial charge >= 0.3 is 5.97 Å². The van der Waals surface area contributed by atoms with Crippen molar-refractivity contribution in [1.82, 2.24) is 4.98 Å². The number of pyridine rings is 1. The maximum absolute atomic E-state index is 12.0. The van der Waals surface area contributed by atoms with Gasteiger partial charge in [-0.1, -0.05) is 18.2 Å². The van der Waals surface area contributed by atoms with Gasteiger partial charge in [-0.05, 0) is 55.5 Å². The minimum Gasteiger partial charge on any atom is -0.481 e. The third-order valence-electron chi connectivity index (χ3n) is 4.39. The standard InChI is InChI=1S/C21H23NO5/c1-14-9-17(11-18(22-14)13-27-21-7-2-3-8-26-21)15-5-4-6-16(10-15)19(23)12-20(24)25/h4-6,9-11,21H,2-3,7-8,12-13H2,1H3,(H,24,25). The van der Waals surface area contributed by atoms with E-state index in [0.29, 0.717) is 12.2 Å². The van der Waals surface area contributed by atoms with Gasteiger partial charge in [0.25, 0.3) is 0 Å². The predicted octanol–water partition coefficient (Wildman–Crippen LogP) is 3.76. The summed E-state index contributed by atoms with van der Waals surface area (Å²) < 4.78 is 11.4. The first-order valence-corrected chi connectivity index (χ1v) is 9.07. The molecule has 1 saturated heterocycles. The Morgan fingerprint density at radius 3 is 2.81 bits per heavy atom. The summed E-state index contributed by atoms with van der Waals surface area (Å²) in [6, 6.07) is 10.9. The number of carboxylic acid groups (broad SMARTS) is 1. The molecule has 2 heterocycles. The molecule has 1 aromatic heterocycles. The number of carbonyl (C=O) groups excluding carboxylic acids is 1. The number of hydrogen-bond donors (Lipinski definition) is 1. The fraction of sp³-hybridized carbons (Fsp3) is 0.381. The van der Waals surface area contributed by atoms with Crippen molar-refractivity contribution < 1.29 is 24.2 Å². The molecule has 0 aliphatic carbocycles. The number of hydrogen-bond acceptors (Lipinski definition) is 5. The van der Waals surface area contributed by atoms with Crippen LogP contribution in [0.2, 0.25) is 0 Å². The molecule has 1 aromatic carbocycles. The van der Waals surface area contributed by atoms with E-state index in [1.807, 2.05) is 25.1 Å². The number of benzene rings is 1. The molecule has 6 nitrogen and oxygen atoms in total. The van der Waals surface area contributed by atoms with Crippen LogP contribution in [-0.4, -0.2) is 34.7 Å². The highest BCUT2D eigenvalue weighted by Gasteiger charge is 2.15. The summed E-state index contributed by atoms with van der Waals surface area (Å²) in [4.78, 5) is 27.3. The molecule has 1 unspecified atom stereocenters. The van der Waals surface area contributed by atoms with E-state index in [-0.39, 0.29) is 6.29 Å². The highest BCUT2D eigenvalue weighted by molar-refractivity contribution is 6.06. The highest BCUT2D eigenvalue weighted by Crippen LogP contribution is 2.24. The van der Waals surface area contributed by atoms with E-state index in [2.05, 4.69) is 4.98 Å². The van der Waals surface area contributed by atoms with Crippen molar-refractivity contribution in [3.05, 3.63) is 53.3 Å². The molecular formula is C21H23NO5. The second-order valence-electron chi connectivity index (χ2n) is 6.67. The third kappa shape index (κ3) is 5.45. The molecule has 2 aromatic rings. The minimum absolute atomic E-state index is 0.179. The Bertz CT molecular complexity index is 827. The maximum atomic E-state index is 12.0. The van der Waals surface area contributed by atoms with E-state index < -0.39 is 18.2 Å². The van der Waals surface area contributed by atoms with Crippen LogP contribution >= 0.6 is 0 Å². The van der Waals surface area contributed by atoms with Crippen LogP contribution in [0.1, 0.15) is 47.4 Å². The topological polar surface area (TPSA) is 85.7 Å². The second kappa shape index (κ2) is 8.88. The quantitative estimate of drug-likeness (QED) is 0.591. The lowest BCUT2D eigenvalue weighted by molar-refractivity contribution is -0.169. The Hall–Kier alpha value is -2.57. The molecule has 27 heavy (non-hydrogen) atoms. The van der Waals surface area contributed by atoms with Crippen LogP contribution in [-0.2, 0) is 20.9 Å². The summed E-state index contributed by atoms with van der Waals surface area (Å²) in [5.41, 5.74) is 3.78. The maximum Gasteiger partial charge on any atom is 0.311 e. The van der Waals surface area contributed by atoms with Gasteiger partial charge in [-0.3, -0.25) is 14.6 Å². The van der Waals surface area contributed by atoms with E-state index >= 15 is 0 Å². The normalized spacial score (nSPS) is 16.9. The third-order valence-corrected chi connectivity index (χ3v) is 4.39. The molecule has 0 radical (unpaired) electrons. The average molecular weight is 369 g/mol. The molecule has 0 spiro atoms. The zero-order chi connectivity index (χ0) is 19.2. The first-order chi connectivity index (χ1) is 13.0. The van der Waals surface area contributed by atoms with E-state index in [0.717, 1.165) is 48.4 Å². The molecule has 6 heteroatoms. The van der Waals surface area contributed by atoms with Crippen LogP contribution in [0.25, 0.3) is 11.1 Å². The van der Waals surface area contributed by atoms with Crippen LogP contribution in [0.4, 0.5) is 0 Å². The van der Waals surface area contributed by atoms with Crippen molar-refractivity contribution in [1.29, 1.82) is 0 Å². The van der Waals surface area contributed by atoms with Gasteiger partial charge in [0.15, 0.2) is 12.1 Å². The molecule has 0 amide bonds. The van der Waals surface area contributed by atoms with Gasteiger partial charge in [0.2, 0.25) is 0 Å². The second-order valence-corrected chi connectivity index (χ2v) is 6.67. The summed E-state index contributed by atoms with van der Waals surface area (Å²) in [5.74, 6) is -1.54. The van der Waals surface area contributed by atoms with Crippen LogP contribution in [0, 0.1) is 6.92 Å². The lowest BCUT2D eigenvalue weighted by Crippen LogP contribution is -2.22. The first-order valence-electron chi connectivity index (χ1n) is 9.07. The largest absolute Gasteiger partial charge is 0.481 e. The Balaban J connectivity index is 1.77. The van der Waals surface area contributed by atoms with Crippen molar-refractivity contribution in [3.63, 3.8) is 0 Å². The van der Waals surface area contributed by atoms with Crippen LogP contribution in [0.5, 0.6) is 0 Å². The number of aryl methyl sites for hydroxylation is 1. The molecule has 0 bridgehead atoms. The number of carboxylic acids is 1. The zero-order valence-electron chi connectivity index (χ0n) is 15.3. The van der Waals surface area contributed by atoms with Crippen molar-refractivity contribution in [3.8, 4) is 11.1 Å². The molecule has 1 fully saturated rings. The van der Waals surface area contributed by atoms with Gasteiger partial charge in [-0.2, -0.15) is 0 Å². The molecule has 1 aliphatic heterocycles. The van der Waals surface area contributed by atoms with Crippen molar-refractivity contribution in [2.75, 3.05) is 6.61 Å². The molecule has 0 saturated carbocycles. The molecule has 3 rings (SSSR count). The fourth-order valence-corrected chi connectivity index (χ4v) is 3.11. The number of carbonyl (C=O) groups is 2. The van der Waals surface area contributed by atoms with Crippen molar-refractivity contribution in [2.45, 2.75) is 45.5 Å². The van der Waals surface area contributed by atoms with Gasteiger partial charge < -0.3 is 14.6 Å². The van der Waals surface area contributed by atoms with Crippen LogP contribution in [0.3, 0.4) is 0 Å². The summed E-state index contributed by atoms with van der Waals surface area (Å²) >= 11 is 0. The van der Waals surface area contributed by atoms with E-state index in [1.54, 1.807) is 18.2 Å². The number of aliphatic carboxylic acids is 1. The average Bonchev–Trinajstić information content (AvgIpc) is 2.66. The Morgan fingerprint density at radius 2 is 2.07 bits per heavy atom. The summed E-state index contributed by atoms with van der Waals surface area (Å²) in [6.07, 6.45) is 2.38. The smallest absolute Gasteiger partial charge is 0.311 e. The number of ketones is 1. The molecule has 1 N–H and O–H groups in total. The van der Waals surface area contributed by atoms with Gasteiger partial charge in [0.05, 0.1) is 12.3 Å². The predicted molar refractivity (Wildman–Crippen MR) is 99.4 cm³/mol. The Morgan fingerprint density at radius 1 is 1.22 bits per heavy atom. The SMILES string of the molecule is Cc1cc(-c2cccc(C(=O)CC(=O)O)c2)cc(COC2CCCCO2)n1. The number of aromatic nitrogens is 1. The fourth-order valence-electron chi connectivity index (χ4n) is 3.11. The summed E-state index contributed by atoms with van der Waals surface area (Å²) in [7, 11) is 0. The highest BCUT2D eigenvalue weighted by atomic mass is 16.7. The van der Waals surface area contributed by atoms with Gasteiger partial charge in [-0.15, -0.1) is 0 Å². The van der Waals surface area contributed by atoms with Crippen LogP contribution < -0.4 is 0 Å². The lowest BCUT2D eigenvalue weighted by atomic mass is 10.00. The molecule has 142 valence electrons. The van der Waals surface area contributed by atoms with E-state index in [9.17, 15) is 9.59 Å². The summed E-state index contributed by atoms with van der Waals surface area (Å²) in [5, 5.41) is 8.82. The van der Waals surface area contributed by atoms with Gasteiger partial charge in [0.1, 0.15) is 6.42 Å². The first kappa shape index (κ1) is 19.2. The lowest BCUT2D eigenvalue weighted by Gasteiger charge is -2.22. The number of Topliss-reactive ketones (excluding diaryl/α,β-unsaturated/α-hetero) is 1. The Labute approximate surface area is 158 Å². The number of nitrogens with zero attached hydrogens (tertiary/aromatic N) is 1. The van der Waals surface area contributed by atoms with Crippen LogP contribution in [0.15, 0.2) is 36.4 Å². The minimum atomic E-state index is -1.13. The number of rotatable bonds is 7. The van der Waals surface area contributed by atoms with E-state index in [4.69, 9.17) is 14.6 Å². The zero-order valence-corrected chi connectivity index (χ0v) is 15.3. The monoisotopic (exact) mass is 369 g/mol.